The first-order valence-corrected chi connectivity index (χ1v) is 16.4. The summed E-state index contributed by atoms with van der Waals surface area (Å²) in [4.78, 5) is 9.83. The second-order valence-electron chi connectivity index (χ2n) is 10.7. The second kappa shape index (κ2) is 9.30. The van der Waals surface area contributed by atoms with Gasteiger partial charge in [-0.1, -0.05) is 110 Å². The zero-order valence-electron chi connectivity index (χ0n) is 22.1. The van der Waals surface area contributed by atoms with Crippen LogP contribution in [0.4, 0.5) is 0 Å². The Morgan fingerprint density at radius 2 is 0.821 bits per heavy atom. The molecule has 0 saturated heterocycles. The molecule has 7 rings (SSSR count). The monoisotopic (exact) mass is 516 g/mol. The zero-order chi connectivity index (χ0) is 26.4. The molecule has 4 aromatic carbocycles. The zero-order valence-corrected chi connectivity index (χ0v) is 23.1. The molecule has 0 unspecified atom stereocenters. The SMILES string of the molecule is C[Si]1(C)C(c2cnc3ccccc3c2)=C(c2ccccc2)C(c2ccccc2)=C1c1cnc2ccccc2c1. The van der Waals surface area contributed by atoms with E-state index in [2.05, 4.69) is 147 Å². The van der Waals surface area contributed by atoms with Crippen LogP contribution in [0, 0.1) is 0 Å². The fourth-order valence-corrected chi connectivity index (χ4v) is 9.97. The molecule has 0 bridgehead atoms. The number of para-hydroxylation sites is 2. The Balaban J connectivity index is 1.59. The van der Waals surface area contributed by atoms with E-state index in [1.165, 1.54) is 54.6 Å². The molecule has 0 aliphatic carbocycles. The van der Waals surface area contributed by atoms with Crippen LogP contribution in [-0.2, 0) is 0 Å². The molecule has 0 radical (unpaired) electrons. The van der Waals surface area contributed by atoms with Crippen LogP contribution >= 0.6 is 0 Å². The van der Waals surface area contributed by atoms with Gasteiger partial charge in [-0.25, -0.2) is 0 Å². The Morgan fingerprint density at radius 3 is 1.26 bits per heavy atom. The van der Waals surface area contributed by atoms with Crippen LogP contribution in [0.25, 0.3) is 43.3 Å². The van der Waals surface area contributed by atoms with Crippen LogP contribution in [-0.4, -0.2) is 18.0 Å². The van der Waals surface area contributed by atoms with E-state index >= 15 is 0 Å². The number of aromatic nitrogens is 2. The summed E-state index contributed by atoms with van der Waals surface area (Å²) in [5.41, 5.74) is 9.58. The molecule has 0 fully saturated rings. The first-order chi connectivity index (χ1) is 19.1. The van der Waals surface area contributed by atoms with Crippen molar-refractivity contribution in [3.8, 4) is 0 Å². The summed E-state index contributed by atoms with van der Waals surface area (Å²) in [6.07, 6.45) is 4.17. The summed E-state index contributed by atoms with van der Waals surface area (Å²) in [6.45, 7) is 4.97. The Morgan fingerprint density at radius 1 is 0.436 bits per heavy atom. The van der Waals surface area contributed by atoms with E-state index in [1.54, 1.807) is 0 Å². The lowest BCUT2D eigenvalue weighted by molar-refractivity contribution is 1.39. The number of nitrogens with zero attached hydrogens (tertiary/aromatic N) is 2. The molecule has 0 atom stereocenters. The van der Waals surface area contributed by atoms with Crippen LogP contribution in [0.3, 0.4) is 0 Å². The van der Waals surface area contributed by atoms with E-state index in [4.69, 9.17) is 9.97 Å². The number of allylic oxidation sites excluding steroid dienone is 2. The van der Waals surface area contributed by atoms with Crippen molar-refractivity contribution in [2.75, 3.05) is 0 Å². The quantitative estimate of drug-likeness (QED) is 0.218. The minimum atomic E-state index is -2.27. The lowest BCUT2D eigenvalue weighted by Gasteiger charge is -2.26. The topological polar surface area (TPSA) is 25.8 Å². The Labute approximate surface area is 230 Å². The Bertz CT molecular complexity index is 1780. The largest absolute Gasteiger partial charge is 0.256 e. The van der Waals surface area contributed by atoms with Gasteiger partial charge < -0.3 is 0 Å². The van der Waals surface area contributed by atoms with E-state index in [0.717, 1.165) is 11.0 Å². The van der Waals surface area contributed by atoms with Crippen molar-refractivity contribution in [2.24, 2.45) is 0 Å². The maximum atomic E-state index is 4.91. The van der Waals surface area contributed by atoms with E-state index < -0.39 is 8.07 Å². The van der Waals surface area contributed by atoms with Gasteiger partial charge in [0.2, 0.25) is 0 Å². The molecule has 0 N–H and O–H groups in total. The third-order valence-corrected chi connectivity index (χ3v) is 11.5. The smallest absolute Gasteiger partial charge is 0.115 e. The molecule has 186 valence electrons. The fourth-order valence-electron chi connectivity index (χ4n) is 6.21. The van der Waals surface area contributed by atoms with Gasteiger partial charge in [-0.3, -0.25) is 9.97 Å². The molecule has 6 aromatic rings. The van der Waals surface area contributed by atoms with E-state index in [0.29, 0.717) is 0 Å². The molecule has 0 spiro atoms. The molecule has 2 aromatic heterocycles. The first-order valence-electron chi connectivity index (χ1n) is 13.4. The van der Waals surface area contributed by atoms with Crippen LogP contribution in [0.2, 0.25) is 13.1 Å². The van der Waals surface area contributed by atoms with E-state index in [9.17, 15) is 0 Å². The van der Waals surface area contributed by atoms with E-state index in [-0.39, 0.29) is 0 Å². The minimum Gasteiger partial charge on any atom is -0.256 e. The van der Waals surface area contributed by atoms with Crippen LogP contribution in [0.5, 0.6) is 0 Å². The van der Waals surface area contributed by atoms with Crippen molar-refractivity contribution in [1.29, 1.82) is 0 Å². The average Bonchev–Trinajstić information content (AvgIpc) is 3.24. The third-order valence-electron chi connectivity index (χ3n) is 7.88. The molecule has 2 nitrogen and oxygen atoms in total. The lowest BCUT2D eigenvalue weighted by Crippen LogP contribution is -2.28. The molecule has 1 aliphatic heterocycles. The molecule has 0 saturated carbocycles. The molecule has 3 heteroatoms. The fraction of sp³-hybridized carbons (Fsp3) is 0.0556. The number of hydrogen-bond acceptors (Lipinski definition) is 2. The summed E-state index contributed by atoms with van der Waals surface area (Å²) >= 11 is 0. The molecular formula is C36H28N2Si. The summed E-state index contributed by atoms with van der Waals surface area (Å²) < 4.78 is 0. The van der Waals surface area contributed by atoms with Gasteiger partial charge in [0.15, 0.2) is 0 Å². The highest BCUT2D eigenvalue weighted by Crippen LogP contribution is 2.55. The van der Waals surface area contributed by atoms with Crippen molar-refractivity contribution >= 4 is 51.4 Å². The van der Waals surface area contributed by atoms with Crippen LogP contribution < -0.4 is 0 Å². The number of pyridine rings is 2. The Kier molecular flexibility index (Phi) is 5.61. The van der Waals surface area contributed by atoms with Crippen molar-refractivity contribution in [1.82, 2.24) is 9.97 Å². The van der Waals surface area contributed by atoms with Gasteiger partial charge in [0.1, 0.15) is 8.07 Å². The third kappa shape index (κ3) is 3.94. The maximum absolute atomic E-state index is 4.91. The summed E-state index contributed by atoms with van der Waals surface area (Å²) in [5.74, 6) is 0. The maximum Gasteiger partial charge on any atom is 0.115 e. The average molecular weight is 517 g/mol. The minimum absolute atomic E-state index is 1.02. The predicted molar refractivity (Wildman–Crippen MR) is 167 cm³/mol. The number of benzene rings is 4. The summed E-state index contributed by atoms with van der Waals surface area (Å²) in [7, 11) is -2.27. The number of fused-ring (bicyclic) bond motifs is 2. The molecule has 39 heavy (non-hydrogen) atoms. The second-order valence-corrected chi connectivity index (χ2v) is 14.9. The van der Waals surface area contributed by atoms with Crippen LogP contribution in [0.1, 0.15) is 22.3 Å². The first kappa shape index (κ1) is 23.5. The number of hydrogen-bond donors (Lipinski definition) is 0. The highest BCUT2D eigenvalue weighted by Gasteiger charge is 2.44. The van der Waals surface area contributed by atoms with Crippen molar-refractivity contribution < 1.29 is 0 Å². The molecular weight excluding hydrogens is 488 g/mol. The standard InChI is InChI=1S/C36H28N2Si/c1-39(2)35(29-21-27-17-9-11-19-31(27)37-23-29)33(25-13-5-3-6-14-25)34(26-15-7-4-8-16-26)36(39)30-22-28-18-10-12-20-32(28)38-24-30/h3-24H,1-2H3. The molecule has 1 aliphatic rings. The van der Waals surface area contributed by atoms with Crippen molar-refractivity contribution in [3.63, 3.8) is 0 Å². The van der Waals surface area contributed by atoms with Gasteiger partial charge in [0.25, 0.3) is 0 Å². The van der Waals surface area contributed by atoms with Crippen LogP contribution in [0.15, 0.2) is 134 Å². The van der Waals surface area contributed by atoms with Gasteiger partial charge in [0, 0.05) is 23.2 Å². The van der Waals surface area contributed by atoms with Gasteiger partial charge in [-0.05, 0) is 68.1 Å². The van der Waals surface area contributed by atoms with Gasteiger partial charge in [-0.15, -0.1) is 0 Å². The lowest BCUT2D eigenvalue weighted by atomic mass is 9.89. The highest BCUT2D eigenvalue weighted by atomic mass is 28.3. The van der Waals surface area contributed by atoms with Crippen molar-refractivity contribution in [3.05, 3.63) is 156 Å². The molecule has 3 heterocycles. The Hall–Kier alpha value is -4.60. The summed E-state index contributed by atoms with van der Waals surface area (Å²) in [5, 5.41) is 5.19. The predicted octanol–water partition coefficient (Wildman–Crippen LogP) is 9.11. The van der Waals surface area contributed by atoms with Crippen molar-refractivity contribution in [2.45, 2.75) is 13.1 Å². The van der Waals surface area contributed by atoms with Gasteiger partial charge >= 0.3 is 0 Å². The van der Waals surface area contributed by atoms with Gasteiger partial charge in [0.05, 0.1) is 11.0 Å². The number of rotatable bonds is 4. The van der Waals surface area contributed by atoms with Gasteiger partial charge in [-0.2, -0.15) is 0 Å². The summed E-state index contributed by atoms with van der Waals surface area (Å²) in [6, 6.07) is 43.2. The normalized spacial score (nSPS) is 14.9. The molecule has 0 amide bonds. The van der Waals surface area contributed by atoms with E-state index in [1.807, 2.05) is 0 Å². The highest BCUT2D eigenvalue weighted by molar-refractivity contribution is 7.13.